The van der Waals surface area contributed by atoms with Crippen molar-refractivity contribution in [3.63, 3.8) is 0 Å². The van der Waals surface area contributed by atoms with Crippen molar-refractivity contribution in [3.05, 3.63) is 29.8 Å². The summed E-state index contributed by atoms with van der Waals surface area (Å²) in [5, 5.41) is 0. The van der Waals surface area contributed by atoms with Gasteiger partial charge in [-0.3, -0.25) is 0 Å². The molecule has 0 aliphatic carbocycles. The number of likely N-dealkylation sites (tertiary alicyclic amines) is 1. The van der Waals surface area contributed by atoms with Crippen LogP contribution in [0.3, 0.4) is 0 Å². The minimum absolute atomic E-state index is 0. The first kappa shape index (κ1) is 19.9. The molecule has 2 rings (SSSR count). The molecule has 23 heavy (non-hydrogen) atoms. The standard InChI is InChI=1S/C16H23F2N3O.HI/c17-15(18)12-22-14-7-5-6-13(10-14)11-20-16(19)21-8-3-1-2-4-9-21;/h5-7,10,15H,1-4,8-9,11-12H2,(H2,19,20);1H. The SMILES string of the molecule is I.NC(=NCc1cccc(OCC(F)F)c1)N1CCCCCC1. The van der Waals surface area contributed by atoms with Crippen molar-refractivity contribution in [1.29, 1.82) is 0 Å². The fraction of sp³-hybridized carbons (Fsp3) is 0.562. The minimum atomic E-state index is -2.47. The number of benzene rings is 1. The zero-order chi connectivity index (χ0) is 15.8. The quantitative estimate of drug-likeness (QED) is 0.433. The molecule has 1 heterocycles. The van der Waals surface area contributed by atoms with E-state index >= 15 is 0 Å². The molecule has 0 radical (unpaired) electrons. The van der Waals surface area contributed by atoms with Crippen LogP contribution in [0.25, 0.3) is 0 Å². The molecule has 2 N–H and O–H groups in total. The molecule has 1 fully saturated rings. The number of halogens is 3. The Morgan fingerprint density at radius 3 is 2.57 bits per heavy atom. The van der Waals surface area contributed by atoms with Gasteiger partial charge in [0.1, 0.15) is 12.4 Å². The zero-order valence-corrected chi connectivity index (χ0v) is 15.4. The Morgan fingerprint density at radius 2 is 1.91 bits per heavy atom. The van der Waals surface area contributed by atoms with Crippen LogP contribution in [-0.4, -0.2) is 37.0 Å². The van der Waals surface area contributed by atoms with E-state index in [0.717, 1.165) is 31.5 Å². The normalized spacial score (nSPS) is 16.0. The average molecular weight is 439 g/mol. The molecule has 1 aliphatic heterocycles. The number of hydrogen-bond acceptors (Lipinski definition) is 2. The van der Waals surface area contributed by atoms with Crippen molar-refractivity contribution in [1.82, 2.24) is 4.90 Å². The van der Waals surface area contributed by atoms with Crippen molar-refractivity contribution in [2.45, 2.75) is 38.7 Å². The highest BCUT2D eigenvalue weighted by Gasteiger charge is 2.10. The van der Waals surface area contributed by atoms with Crippen LogP contribution in [0, 0.1) is 0 Å². The van der Waals surface area contributed by atoms with E-state index < -0.39 is 13.0 Å². The summed E-state index contributed by atoms with van der Waals surface area (Å²) < 4.78 is 29.3. The van der Waals surface area contributed by atoms with Crippen LogP contribution < -0.4 is 10.5 Å². The zero-order valence-electron chi connectivity index (χ0n) is 13.1. The van der Waals surface area contributed by atoms with Gasteiger partial charge in [0, 0.05) is 13.1 Å². The summed E-state index contributed by atoms with van der Waals surface area (Å²) in [5.74, 6) is 0.988. The summed E-state index contributed by atoms with van der Waals surface area (Å²) in [7, 11) is 0. The number of rotatable bonds is 5. The fourth-order valence-electron chi connectivity index (χ4n) is 2.46. The summed E-state index contributed by atoms with van der Waals surface area (Å²) in [4.78, 5) is 6.53. The van der Waals surface area contributed by atoms with E-state index in [9.17, 15) is 8.78 Å². The lowest BCUT2D eigenvalue weighted by atomic mass is 10.2. The maximum atomic E-state index is 12.1. The highest BCUT2D eigenvalue weighted by atomic mass is 127. The molecule has 7 heteroatoms. The van der Waals surface area contributed by atoms with Crippen molar-refractivity contribution in [3.8, 4) is 5.75 Å². The first-order valence-corrected chi connectivity index (χ1v) is 7.70. The van der Waals surface area contributed by atoms with Crippen LogP contribution in [-0.2, 0) is 6.54 Å². The molecule has 1 saturated heterocycles. The molecule has 0 spiro atoms. The van der Waals surface area contributed by atoms with Crippen LogP contribution in [0.4, 0.5) is 8.78 Å². The summed E-state index contributed by atoms with van der Waals surface area (Å²) in [6, 6.07) is 7.04. The second-order valence-corrected chi connectivity index (χ2v) is 5.43. The molecular formula is C16H24F2IN3O. The van der Waals surface area contributed by atoms with Gasteiger partial charge in [-0.2, -0.15) is 0 Å². The third-order valence-corrected chi connectivity index (χ3v) is 3.63. The van der Waals surface area contributed by atoms with E-state index in [1.807, 2.05) is 6.07 Å². The van der Waals surface area contributed by atoms with Gasteiger partial charge in [0.05, 0.1) is 6.54 Å². The van der Waals surface area contributed by atoms with Gasteiger partial charge in [-0.05, 0) is 30.5 Å². The van der Waals surface area contributed by atoms with E-state index in [1.165, 1.54) is 12.8 Å². The third kappa shape index (κ3) is 7.32. The largest absolute Gasteiger partial charge is 0.488 e. The summed E-state index contributed by atoms with van der Waals surface area (Å²) in [5.41, 5.74) is 6.94. The topological polar surface area (TPSA) is 50.9 Å². The van der Waals surface area contributed by atoms with Gasteiger partial charge >= 0.3 is 0 Å². The van der Waals surface area contributed by atoms with Gasteiger partial charge in [-0.15, -0.1) is 24.0 Å². The van der Waals surface area contributed by atoms with E-state index in [-0.39, 0.29) is 24.0 Å². The number of nitrogens with zero attached hydrogens (tertiary/aromatic N) is 2. The molecule has 0 aromatic heterocycles. The van der Waals surface area contributed by atoms with Gasteiger partial charge in [-0.1, -0.05) is 25.0 Å². The monoisotopic (exact) mass is 439 g/mol. The van der Waals surface area contributed by atoms with Gasteiger partial charge in [0.2, 0.25) is 0 Å². The first-order chi connectivity index (χ1) is 10.6. The molecule has 0 amide bonds. The Labute approximate surface area is 153 Å². The average Bonchev–Trinajstić information content (AvgIpc) is 2.80. The van der Waals surface area contributed by atoms with E-state index in [1.54, 1.807) is 18.2 Å². The van der Waals surface area contributed by atoms with Gasteiger partial charge in [0.15, 0.2) is 5.96 Å². The fourth-order valence-corrected chi connectivity index (χ4v) is 2.46. The molecule has 1 aromatic rings. The molecule has 0 atom stereocenters. The molecule has 1 aromatic carbocycles. The van der Waals surface area contributed by atoms with Gasteiger partial charge < -0.3 is 15.4 Å². The van der Waals surface area contributed by atoms with E-state index in [0.29, 0.717) is 18.3 Å². The molecule has 1 aliphatic rings. The van der Waals surface area contributed by atoms with Crippen LogP contribution in [0.2, 0.25) is 0 Å². The van der Waals surface area contributed by atoms with E-state index in [4.69, 9.17) is 10.5 Å². The number of hydrogen-bond donors (Lipinski definition) is 1. The molecule has 4 nitrogen and oxygen atoms in total. The molecule has 0 saturated carbocycles. The third-order valence-electron chi connectivity index (χ3n) is 3.63. The number of alkyl halides is 2. The summed E-state index contributed by atoms with van der Waals surface area (Å²) in [6.45, 7) is 1.73. The van der Waals surface area contributed by atoms with Crippen LogP contribution in [0.1, 0.15) is 31.2 Å². The Kier molecular flexibility index (Phi) is 9.20. The second kappa shape index (κ2) is 10.6. The number of guanidine groups is 1. The van der Waals surface area contributed by atoms with Gasteiger partial charge in [0.25, 0.3) is 6.43 Å². The maximum Gasteiger partial charge on any atom is 0.272 e. The summed E-state index contributed by atoms with van der Waals surface area (Å²) in [6.07, 6.45) is 2.31. The number of aliphatic imine (C=N–C) groups is 1. The van der Waals surface area contributed by atoms with Crippen molar-refractivity contribution >= 4 is 29.9 Å². The Hall–Kier alpha value is -1.12. The van der Waals surface area contributed by atoms with Crippen molar-refractivity contribution in [2.75, 3.05) is 19.7 Å². The Morgan fingerprint density at radius 1 is 1.22 bits per heavy atom. The predicted molar refractivity (Wildman–Crippen MR) is 98.7 cm³/mol. The summed E-state index contributed by atoms with van der Waals surface area (Å²) >= 11 is 0. The van der Waals surface area contributed by atoms with Crippen LogP contribution in [0.5, 0.6) is 5.75 Å². The lowest BCUT2D eigenvalue weighted by molar-refractivity contribution is 0.0818. The minimum Gasteiger partial charge on any atom is -0.488 e. The highest BCUT2D eigenvalue weighted by Crippen LogP contribution is 2.15. The molecule has 130 valence electrons. The number of ether oxygens (including phenoxy) is 1. The Balaban J connectivity index is 0.00000264. The van der Waals surface area contributed by atoms with Crippen LogP contribution in [0.15, 0.2) is 29.3 Å². The van der Waals surface area contributed by atoms with Gasteiger partial charge in [-0.25, -0.2) is 13.8 Å². The lowest BCUT2D eigenvalue weighted by Gasteiger charge is -2.21. The van der Waals surface area contributed by atoms with Crippen LogP contribution >= 0.6 is 24.0 Å². The lowest BCUT2D eigenvalue weighted by Crippen LogP contribution is -2.38. The van der Waals surface area contributed by atoms with E-state index in [2.05, 4.69) is 9.89 Å². The smallest absolute Gasteiger partial charge is 0.272 e. The van der Waals surface area contributed by atoms with Crippen molar-refractivity contribution < 1.29 is 13.5 Å². The predicted octanol–water partition coefficient (Wildman–Crippen LogP) is 3.64. The molecular weight excluding hydrogens is 415 g/mol. The maximum absolute atomic E-state index is 12.1. The highest BCUT2D eigenvalue weighted by molar-refractivity contribution is 14.0. The molecule has 0 bridgehead atoms. The first-order valence-electron chi connectivity index (χ1n) is 7.70. The molecule has 0 unspecified atom stereocenters. The number of nitrogens with two attached hydrogens (primary N) is 1. The van der Waals surface area contributed by atoms with Crippen molar-refractivity contribution in [2.24, 2.45) is 10.7 Å². The Bertz CT molecular complexity index is 492. The second-order valence-electron chi connectivity index (χ2n) is 5.43.